The third-order valence-electron chi connectivity index (χ3n) is 13.1. The molecule has 0 saturated heterocycles. The van der Waals surface area contributed by atoms with Gasteiger partial charge >= 0.3 is 0 Å². The predicted octanol–water partition coefficient (Wildman–Crippen LogP) is 7.06. The second kappa shape index (κ2) is 7.57. The van der Waals surface area contributed by atoms with E-state index < -0.39 is 5.72 Å². The summed E-state index contributed by atoms with van der Waals surface area (Å²) in [4.78, 5) is 13.2. The summed E-state index contributed by atoms with van der Waals surface area (Å²) in [5.41, 5.74) is 8.75. The predicted molar refractivity (Wildman–Crippen MR) is 141 cm³/mol. The highest BCUT2D eigenvalue weighted by molar-refractivity contribution is 6.00. The number of rotatable bonds is 1. The maximum absolute atomic E-state index is 13.2. The van der Waals surface area contributed by atoms with E-state index in [1.54, 1.807) is 5.57 Å². The molecule has 5 aliphatic carbocycles. The van der Waals surface area contributed by atoms with Gasteiger partial charge in [0.15, 0.2) is 5.78 Å². The quantitative estimate of drug-likeness (QED) is 0.386. The minimum absolute atomic E-state index is 0. The first-order valence-electron chi connectivity index (χ1n) is 13.8. The molecule has 0 radical (unpaired) electrons. The Morgan fingerprint density at radius 2 is 1.50 bits per heavy atom. The number of hydrogen-bond donors (Lipinski definition) is 2. The van der Waals surface area contributed by atoms with Crippen LogP contribution >= 0.6 is 12.4 Å². The molecule has 34 heavy (non-hydrogen) atoms. The molecule has 0 spiro atoms. The van der Waals surface area contributed by atoms with Gasteiger partial charge in [-0.2, -0.15) is 0 Å². The number of hydrogen-bond acceptors (Lipinski definition) is 3. The lowest BCUT2D eigenvalue weighted by Crippen LogP contribution is -2.69. The first-order valence-corrected chi connectivity index (χ1v) is 13.8. The van der Waals surface area contributed by atoms with Crippen molar-refractivity contribution in [3.63, 3.8) is 0 Å². The summed E-state index contributed by atoms with van der Waals surface area (Å²) in [6, 6.07) is 0. The molecule has 0 aromatic heterocycles. The highest BCUT2D eigenvalue weighted by atomic mass is 35.5. The zero-order valence-electron chi connectivity index (χ0n) is 23.0. The Kier molecular flexibility index (Phi) is 5.94. The third kappa shape index (κ3) is 2.99. The first kappa shape index (κ1) is 26.7. The van der Waals surface area contributed by atoms with E-state index >= 15 is 0 Å². The van der Waals surface area contributed by atoms with Gasteiger partial charge in [-0.1, -0.05) is 61.0 Å². The molecule has 4 saturated carbocycles. The van der Waals surface area contributed by atoms with Crippen LogP contribution in [0.4, 0.5) is 0 Å². The van der Waals surface area contributed by atoms with Crippen LogP contribution in [0.25, 0.3) is 0 Å². The van der Waals surface area contributed by atoms with E-state index in [2.05, 4.69) is 55.4 Å². The number of aliphatic hydroxyl groups is 1. The van der Waals surface area contributed by atoms with E-state index in [1.165, 1.54) is 31.3 Å². The van der Waals surface area contributed by atoms with Gasteiger partial charge in [0.1, 0.15) is 5.72 Å². The lowest BCUT2D eigenvalue weighted by atomic mass is 9.32. The van der Waals surface area contributed by atoms with Gasteiger partial charge in [0.25, 0.3) is 0 Å². The van der Waals surface area contributed by atoms with Gasteiger partial charge in [-0.25, -0.2) is 0 Å². The van der Waals surface area contributed by atoms with E-state index in [4.69, 9.17) is 5.73 Å². The van der Waals surface area contributed by atoms with Gasteiger partial charge in [-0.05, 0) is 102 Å². The van der Waals surface area contributed by atoms with E-state index in [1.807, 2.05) is 0 Å². The zero-order valence-corrected chi connectivity index (χ0v) is 23.8. The average Bonchev–Trinajstić information content (AvgIpc) is 2.97. The van der Waals surface area contributed by atoms with Gasteiger partial charge in [0.05, 0.1) is 0 Å². The molecule has 0 heterocycles. The second-order valence-electron chi connectivity index (χ2n) is 14.9. The summed E-state index contributed by atoms with van der Waals surface area (Å²) in [6.07, 6.45) is 9.74. The molecule has 8 atom stereocenters. The van der Waals surface area contributed by atoms with Crippen LogP contribution in [0.3, 0.4) is 0 Å². The molecule has 0 amide bonds. The summed E-state index contributed by atoms with van der Waals surface area (Å²) in [7, 11) is 0. The van der Waals surface area contributed by atoms with Crippen LogP contribution in [-0.2, 0) is 4.79 Å². The van der Waals surface area contributed by atoms with Crippen molar-refractivity contribution in [2.45, 2.75) is 119 Å². The van der Waals surface area contributed by atoms with Crippen molar-refractivity contribution in [2.75, 3.05) is 0 Å². The highest BCUT2D eigenvalue weighted by Gasteiger charge is 2.70. The van der Waals surface area contributed by atoms with Crippen molar-refractivity contribution in [2.24, 2.45) is 56.5 Å². The van der Waals surface area contributed by atoms with Crippen molar-refractivity contribution in [3.05, 3.63) is 11.1 Å². The first-order chi connectivity index (χ1) is 15.1. The van der Waals surface area contributed by atoms with Crippen LogP contribution in [0.1, 0.15) is 113 Å². The summed E-state index contributed by atoms with van der Waals surface area (Å²) in [5.74, 6) is 2.43. The van der Waals surface area contributed by atoms with Crippen molar-refractivity contribution in [3.8, 4) is 0 Å². The molecule has 5 aliphatic rings. The lowest BCUT2D eigenvalue weighted by Gasteiger charge is -2.72. The molecular weight excluding hydrogens is 442 g/mol. The van der Waals surface area contributed by atoms with Gasteiger partial charge in [0, 0.05) is 11.8 Å². The maximum atomic E-state index is 13.2. The average molecular weight is 492 g/mol. The maximum Gasteiger partial charge on any atom is 0.159 e. The molecule has 0 aromatic rings. The molecule has 3 N–H and O–H groups in total. The third-order valence-corrected chi connectivity index (χ3v) is 13.1. The minimum Gasteiger partial charge on any atom is -0.376 e. The van der Waals surface area contributed by atoms with Crippen LogP contribution in [-0.4, -0.2) is 16.6 Å². The smallest absolute Gasteiger partial charge is 0.159 e. The number of nitrogens with two attached hydrogens (primary N) is 1. The van der Waals surface area contributed by atoms with Crippen molar-refractivity contribution in [1.29, 1.82) is 0 Å². The fraction of sp³-hybridized carbons (Fsp3) is 0.900. The number of Topliss-reactive ketones (excluding diaryl/α,β-unsaturated/α-hetero) is 1. The summed E-state index contributed by atoms with van der Waals surface area (Å²) >= 11 is 0. The topological polar surface area (TPSA) is 63.3 Å². The fourth-order valence-electron chi connectivity index (χ4n) is 10.9. The molecule has 0 unspecified atom stereocenters. The van der Waals surface area contributed by atoms with Crippen LogP contribution < -0.4 is 5.73 Å². The Bertz CT molecular complexity index is 921. The van der Waals surface area contributed by atoms with Crippen LogP contribution in [0.2, 0.25) is 0 Å². The van der Waals surface area contributed by atoms with Crippen LogP contribution in [0.5, 0.6) is 0 Å². The zero-order chi connectivity index (χ0) is 24.4. The van der Waals surface area contributed by atoms with Crippen molar-refractivity contribution >= 4 is 18.2 Å². The number of carbonyl (C=O) groups excluding carboxylic acids is 1. The van der Waals surface area contributed by atoms with Gasteiger partial charge < -0.3 is 10.8 Å². The Morgan fingerprint density at radius 3 is 2.12 bits per heavy atom. The van der Waals surface area contributed by atoms with Crippen LogP contribution in [0, 0.1) is 50.7 Å². The van der Waals surface area contributed by atoms with Crippen molar-refractivity contribution < 1.29 is 9.90 Å². The molecule has 0 aromatic carbocycles. The molecular formula is C30H50ClNO2. The molecule has 0 bridgehead atoms. The molecule has 4 heteroatoms. The fourth-order valence-corrected chi connectivity index (χ4v) is 10.9. The summed E-state index contributed by atoms with van der Waals surface area (Å²) in [6.45, 7) is 19.1. The molecule has 3 nitrogen and oxygen atoms in total. The summed E-state index contributed by atoms with van der Waals surface area (Å²) < 4.78 is 0. The Morgan fingerprint density at radius 1 is 0.853 bits per heavy atom. The van der Waals surface area contributed by atoms with E-state index in [0.717, 1.165) is 25.7 Å². The highest BCUT2D eigenvalue weighted by Crippen LogP contribution is 2.76. The normalized spacial score (nSPS) is 51.9. The number of ketones is 1. The SMILES string of the molecule is CC(C)C1=C2[C@H]3CC[C@@H]4[C@@]5(C)CC[C@](N)(O)C(C)(C)[C@@H]5CC[C@@]4(C)[C@]3(C)CC[C@@]2(C)CC1=O.Cl. The largest absolute Gasteiger partial charge is 0.376 e. The Labute approximate surface area is 214 Å². The Hall–Kier alpha value is -0.380. The number of fused-ring (bicyclic) bond motifs is 7. The molecule has 4 fully saturated rings. The molecule has 0 aliphatic heterocycles. The monoisotopic (exact) mass is 491 g/mol. The van der Waals surface area contributed by atoms with E-state index in [9.17, 15) is 9.90 Å². The van der Waals surface area contributed by atoms with Gasteiger partial charge in [-0.3, -0.25) is 4.79 Å². The lowest BCUT2D eigenvalue weighted by molar-refractivity contribution is -0.250. The van der Waals surface area contributed by atoms with Crippen LogP contribution in [0.15, 0.2) is 11.1 Å². The molecule has 194 valence electrons. The second-order valence-corrected chi connectivity index (χ2v) is 14.9. The van der Waals surface area contributed by atoms with Gasteiger partial charge in [0.2, 0.25) is 0 Å². The van der Waals surface area contributed by atoms with Crippen molar-refractivity contribution in [1.82, 2.24) is 0 Å². The standard InChI is InChI=1S/C30H49NO2.ClH/c1-18(2)23-20(32)17-26(5)13-15-28(7)19(24(23)26)9-10-22-27(6)14-16-30(31,33)25(3,4)21(27)11-12-29(22,28)8;/h18-19,21-22,33H,9-17,31H2,1-8H3;1H/t19-,21+,22-,26+,27+,28-,29-,30+;/m1./s1. The summed E-state index contributed by atoms with van der Waals surface area (Å²) in [5, 5.41) is 11.1. The number of carbonyl (C=O) groups is 1. The number of allylic oxidation sites excluding steroid dienone is 2. The number of halogens is 1. The van der Waals surface area contributed by atoms with E-state index in [-0.39, 0.29) is 39.5 Å². The molecule has 5 rings (SSSR count). The van der Waals surface area contributed by atoms with E-state index in [0.29, 0.717) is 35.9 Å². The van der Waals surface area contributed by atoms with Gasteiger partial charge in [-0.15, -0.1) is 12.4 Å². The Balaban J connectivity index is 0.00000274. The minimum atomic E-state index is -1.07.